The lowest BCUT2D eigenvalue weighted by Gasteiger charge is -2.24. The Balaban J connectivity index is 1.86. The van der Waals surface area contributed by atoms with E-state index in [1.165, 1.54) is 11.8 Å². The third-order valence-corrected chi connectivity index (χ3v) is 4.49. The minimum absolute atomic E-state index is 0.00576. The van der Waals surface area contributed by atoms with Crippen LogP contribution in [-0.4, -0.2) is 33.0 Å². The summed E-state index contributed by atoms with van der Waals surface area (Å²) in [7, 11) is 1.47. The topological polar surface area (TPSA) is 81.9 Å². The van der Waals surface area contributed by atoms with E-state index in [1.54, 1.807) is 19.1 Å². The minimum Gasteiger partial charge on any atom is -0.480 e. The number of rotatable bonds is 3. The Morgan fingerprint density at radius 2 is 2.04 bits per heavy atom. The van der Waals surface area contributed by atoms with Gasteiger partial charge >= 0.3 is 0 Å². The molecule has 9 heteroatoms. The number of hydrogen-bond donors (Lipinski definition) is 1. The largest absolute Gasteiger partial charge is 0.480 e. The number of carbonyl (C=O) groups is 1. The second-order valence-corrected chi connectivity index (χ2v) is 6.16. The Hall–Kier alpha value is -3.36. The van der Waals surface area contributed by atoms with Crippen molar-refractivity contribution in [3.8, 4) is 11.7 Å². The summed E-state index contributed by atoms with van der Waals surface area (Å²) in [5, 5.41) is 15.1. The number of methoxy groups -OCH3 is 1. The molecule has 1 aliphatic rings. The molecule has 0 unspecified atom stereocenters. The van der Waals surface area contributed by atoms with Crippen molar-refractivity contribution >= 4 is 11.7 Å². The molecule has 3 aromatic rings. The number of nitrogens with one attached hydrogen (secondary N) is 1. The number of hydrogen-bond acceptors (Lipinski definition) is 5. The van der Waals surface area contributed by atoms with Crippen LogP contribution in [-0.2, 0) is 4.79 Å². The highest BCUT2D eigenvalue weighted by atomic mass is 19.1. The van der Waals surface area contributed by atoms with E-state index in [-0.39, 0.29) is 17.9 Å². The van der Waals surface area contributed by atoms with Gasteiger partial charge in [0.2, 0.25) is 11.8 Å². The Morgan fingerprint density at radius 1 is 1.22 bits per heavy atom. The molecule has 0 saturated carbocycles. The van der Waals surface area contributed by atoms with Gasteiger partial charge in [0.15, 0.2) is 5.82 Å². The van der Waals surface area contributed by atoms with Gasteiger partial charge in [0.1, 0.15) is 17.5 Å². The van der Waals surface area contributed by atoms with Crippen molar-refractivity contribution < 1.29 is 18.3 Å². The maximum atomic E-state index is 14.4. The molecule has 2 aromatic heterocycles. The average molecular weight is 371 g/mol. The van der Waals surface area contributed by atoms with Gasteiger partial charge in [0.25, 0.3) is 0 Å². The van der Waals surface area contributed by atoms with Gasteiger partial charge in [0.05, 0.1) is 12.8 Å². The number of anilines is 1. The van der Waals surface area contributed by atoms with Crippen LogP contribution < -0.4 is 10.1 Å². The van der Waals surface area contributed by atoms with Crippen LogP contribution in [0.25, 0.3) is 5.82 Å². The van der Waals surface area contributed by atoms with Crippen LogP contribution in [0, 0.1) is 18.6 Å². The van der Waals surface area contributed by atoms with Crippen LogP contribution >= 0.6 is 0 Å². The molecule has 0 fully saturated rings. The van der Waals surface area contributed by atoms with Gasteiger partial charge in [-0.3, -0.25) is 4.79 Å². The molecule has 4 rings (SSSR count). The highest BCUT2D eigenvalue weighted by Crippen LogP contribution is 2.40. The Bertz CT molecular complexity index is 1030. The molecule has 0 radical (unpaired) electrons. The van der Waals surface area contributed by atoms with Crippen molar-refractivity contribution in [3.63, 3.8) is 0 Å². The molecule has 3 heterocycles. The number of amides is 1. The summed E-state index contributed by atoms with van der Waals surface area (Å²) >= 11 is 0. The Labute approximate surface area is 153 Å². The van der Waals surface area contributed by atoms with Gasteiger partial charge < -0.3 is 10.1 Å². The van der Waals surface area contributed by atoms with Crippen LogP contribution in [0.2, 0.25) is 0 Å². The maximum Gasteiger partial charge on any atom is 0.233 e. The highest BCUT2D eigenvalue weighted by Gasteiger charge is 2.34. The molecule has 0 aliphatic carbocycles. The standard InChI is InChI=1S/C18H15F2N5O2/c1-9-17-12(11-7-10(19)3-4-13(11)20)8-15(26)21-18(17)25(24-9)14-5-6-16(27-2)23-22-14/h3-7,12H,8H2,1-2H3,(H,21,26)/t12-/m1/s1. The first kappa shape index (κ1) is 17.1. The first-order chi connectivity index (χ1) is 13.0. The number of halogens is 2. The van der Waals surface area contributed by atoms with Gasteiger partial charge in [-0.25, -0.2) is 8.78 Å². The van der Waals surface area contributed by atoms with Crippen molar-refractivity contribution in [3.05, 3.63) is 58.8 Å². The van der Waals surface area contributed by atoms with E-state index in [0.717, 1.165) is 18.2 Å². The number of nitrogens with zero attached hydrogens (tertiary/aromatic N) is 4. The van der Waals surface area contributed by atoms with E-state index in [4.69, 9.17) is 4.74 Å². The van der Waals surface area contributed by atoms with Crippen molar-refractivity contribution in [2.45, 2.75) is 19.3 Å². The van der Waals surface area contributed by atoms with Crippen LogP contribution in [0.3, 0.4) is 0 Å². The molecular formula is C18H15F2N5O2. The van der Waals surface area contributed by atoms with E-state index in [9.17, 15) is 13.6 Å². The molecule has 1 aliphatic heterocycles. The van der Waals surface area contributed by atoms with E-state index >= 15 is 0 Å². The third-order valence-electron chi connectivity index (χ3n) is 4.49. The average Bonchev–Trinajstić information content (AvgIpc) is 2.99. The summed E-state index contributed by atoms with van der Waals surface area (Å²) < 4.78 is 34.5. The number of aryl methyl sites for hydroxylation is 1. The Morgan fingerprint density at radius 3 is 2.74 bits per heavy atom. The molecule has 1 aromatic carbocycles. The fraction of sp³-hybridized carbons (Fsp3) is 0.222. The maximum absolute atomic E-state index is 14.4. The second-order valence-electron chi connectivity index (χ2n) is 6.16. The van der Waals surface area contributed by atoms with Gasteiger partial charge in [0, 0.05) is 24.0 Å². The number of benzene rings is 1. The van der Waals surface area contributed by atoms with Crippen LogP contribution in [0.5, 0.6) is 5.88 Å². The van der Waals surface area contributed by atoms with Crippen molar-refractivity contribution in [2.75, 3.05) is 12.4 Å². The van der Waals surface area contributed by atoms with Crippen LogP contribution in [0.4, 0.5) is 14.6 Å². The van der Waals surface area contributed by atoms with Crippen LogP contribution in [0.15, 0.2) is 30.3 Å². The number of ether oxygens (including phenoxy) is 1. The third kappa shape index (κ3) is 2.90. The lowest BCUT2D eigenvalue weighted by Crippen LogP contribution is -2.25. The lowest BCUT2D eigenvalue weighted by molar-refractivity contribution is -0.116. The smallest absolute Gasteiger partial charge is 0.233 e. The lowest BCUT2D eigenvalue weighted by atomic mass is 9.85. The predicted molar refractivity (Wildman–Crippen MR) is 91.9 cm³/mol. The predicted octanol–water partition coefficient (Wildman–Crippen LogP) is 2.73. The zero-order valence-corrected chi connectivity index (χ0v) is 14.5. The van der Waals surface area contributed by atoms with E-state index in [2.05, 4.69) is 20.6 Å². The van der Waals surface area contributed by atoms with Gasteiger partial charge in [-0.15, -0.1) is 10.2 Å². The van der Waals surface area contributed by atoms with E-state index in [0.29, 0.717) is 28.8 Å². The molecule has 0 bridgehead atoms. The summed E-state index contributed by atoms with van der Waals surface area (Å²) in [6.45, 7) is 1.74. The number of carbonyl (C=O) groups excluding carboxylic acids is 1. The molecule has 0 saturated heterocycles. The zero-order valence-electron chi connectivity index (χ0n) is 14.5. The summed E-state index contributed by atoms with van der Waals surface area (Å²) in [6.07, 6.45) is -0.00576. The van der Waals surface area contributed by atoms with Gasteiger partial charge in [-0.2, -0.15) is 9.78 Å². The first-order valence-electron chi connectivity index (χ1n) is 8.20. The second kappa shape index (κ2) is 6.42. The highest BCUT2D eigenvalue weighted by molar-refractivity contribution is 5.95. The molecule has 1 atom stereocenters. The molecule has 1 amide bonds. The van der Waals surface area contributed by atoms with Crippen molar-refractivity contribution in [2.24, 2.45) is 0 Å². The van der Waals surface area contributed by atoms with Gasteiger partial charge in [-0.1, -0.05) is 0 Å². The van der Waals surface area contributed by atoms with Crippen molar-refractivity contribution in [1.29, 1.82) is 0 Å². The normalized spacial score (nSPS) is 16.0. The number of aromatic nitrogens is 4. The van der Waals surface area contributed by atoms with Crippen LogP contribution in [0.1, 0.15) is 29.2 Å². The zero-order chi connectivity index (χ0) is 19.1. The molecule has 0 spiro atoms. The van der Waals surface area contributed by atoms with Gasteiger partial charge in [-0.05, 0) is 36.8 Å². The molecule has 7 nitrogen and oxygen atoms in total. The molecular weight excluding hydrogens is 356 g/mol. The van der Waals surface area contributed by atoms with E-state index in [1.807, 2.05) is 0 Å². The first-order valence-corrected chi connectivity index (χ1v) is 8.20. The van der Waals surface area contributed by atoms with Crippen molar-refractivity contribution in [1.82, 2.24) is 20.0 Å². The van der Waals surface area contributed by atoms with E-state index < -0.39 is 17.6 Å². The SMILES string of the molecule is COc1ccc(-n2nc(C)c3c2NC(=O)C[C@@H]3c2cc(F)ccc2F)nn1. The summed E-state index contributed by atoms with van der Waals surface area (Å²) in [5.74, 6) is -1.04. The monoisotopic (exact) mass is 371 g/mol. The molecule has 27 heavy (non-hydrogen) atoms. The summed E-state index contributed by atoms with van der Waals surface area (Å²) in [5.41, 5.74) is 1.32. The molecule has 1 N–H and O–H groups in total. The summed E-state index contributed by atoms with van der Waals surface area (Å²) in [4.78, 5) is 12.3. The fourth-order valence-electron chi connectivity index (χ4n) is 3.30. The minimum atomic E-state index is -0.649. The Kier molecular flexibility index (Phi) is 4.06. The molecule has 138 valence electrons. The summed E-state index contributed by atoms with van der Waals surface area (Å²) in [6, 6.07) is 6.47. The quantitative estimate of drug-likeness (QED) is 0.766. The fourth-order valence-corrected chi connectivity index (χ4v) is 3.30. The number of fused-ring (bicyclic) bond motifs is 1.